The SMILES string of the molecule is COc1ccc(CC(=O)N(C)[C@H](C)c2ccc(S(N)(=O)=O)cc2)c(OC)c1. The zero-order chi connectivity index (χ0) is 20.2. The number of hydrogen-bond acceptors (Lipinski definition) is 5. The number of amides is 1. The van der Waals surface area contributed by atoms with Crippen LogP contribution in [-0.4, -0.2) is 40.5 Å². The standard InChI is InChI=1S/C19H24N2O5S/c1-13(14-6-9-17(10-7-14)27(20,23)24)21(2)19(22)11-15-5-8-16(25-3)12-18(15)26-4/h5-10,12-13H,11H2,1-4H3,(H2,20,23,24)/t13-/m1/s1. The van der Waals surface area contributed by atoms with Gasteiger partial charge in [0.25, 0.3) is 0 Å². The molecular weight excluding hydrogens is 368 g/mol. The first-order chi connectivity index (χ1) is 12.7. The van der Waals surface area contributed by atoms with E-state index in [1.54, 1.807) is 56.5 Å². The lowest BCUT2D eigenvalue weighted by Crippen LogP contribution is -2.31. The third-order valence-electron chi connectivity index (χ3n) is 4.50. The highest BCUT2D eigenvalue weighted by Gasteiger charge is 2.20. The molecule has 2 rings (SSSR count). The van der Waals surface area contributed by atoms with Crippen molar-refractivity contribution in [3.63, 3.8) is 0 Å². The third kappa shape index (κ3) is 4.99. The second-order valence-corrected chi connectivity index (χ2v) is 7.71. The van der Waals surface area contributed by atoms with Crippen LogP contribution in [0.25, 0.3) is 0 Å². The number of rotatable bonds is 7. The molecule has 2 aromatic rings. The molecule has 0 saturated carbocycles. The molecule has 1 amide bonds. The van der Waals surface area contributed by atoms with Gasteiger partial charge in [0, 0.05) is 18.7 Å². The molecule has 2 aromatic carbocycles. The summed E-state index contributed by atoms with van der Waals surface area (Å²) < 4.78 is 33.2. The van der Waals surface area contributed by atoms with Crippen molar-refractivity contribution in [3.05, 3.63) is 53.6 Å². The molecule has 0 unspecified atom stereocenters. The van der Waals surface area contributed by atoms with Gasteiger partial charge in [0.15, 0.2) is 0 Å². The average Bonchev–Trinajstić information content (AvgIpc) is 2.66. The number of methoxy groups -OCH3 is 2. The van der Waals surface area contributed by atoms with Crippen molar-refractivity contribution in [1.29, 1.82) is 0 Å². The van der Waals surface area contributed by atoms with E-state index in [4.69, 9.17) is 14.6 Å². The van der Waals surface area contributed by atoms with E-state index in [9.17, 15) is 13.2 Å². The van der Waals surface area contributed by atoms with Crippen molar-refractivity contribution in [3.8, 4) is 11.5 Å². The monoisotopic (exact) mass is 392 g/mol. The lowest BCUT2D eigenvalue weighted by atomic mass is 10.1. The van der Waals surface area contributed by atoms with E-state index in [0.29, 0.717) is 11.5 Å². The van der Waals surface area contributed by atoms with E-state index in [2.05, 4.69) is 0 Å². The van der Waals surface area contributed by atoms with Crippen LogP contribution in [-0.2, 0) is 21.2 Å². The summed E-state index contributed by atoms with van der Waals surface area (Å²) >= 11 is 0. The van der Waals surface area contributed by atoms with Crippen molar-refractivity contribution >= 4 is 15.9 Å². The number of primary sulfonamides is 1. The molecule has 0 fully saturated rings. The van der Waals surface area contributed by atoms with Crippen molar-refractivity contribution < 1.29 is 22.7 Å². The molecule has 0 aliphatic carbocycles. The predicted octanol–water partition coefficient (Wildman–Crippen LogP) is 2.11. The molecule has 146 valence electrons. The Morgan fingerprint density at radius 1 is 1.11 bits per heavy atom. The van der Waals surface area contributed by atoms with Crippen LogP contribution in [0, 0.1) is 0 Å². The first-order valence-corrected chi connectivity index (χ1v) is 9.81. The second kappa shape index (κ2) is 8.41. The Balaban J connectivity index is 2.15. The number of ether oxygens (including phenoxy) is 2. The van der Waals surface area contributed by atoms with Crippen LogP contribution in [0.1, 0.15) is 24.1 Å². The predicted molar refractivity (Wildman–Crippen MR) is 102 cm³/mol. The van der Waals surface area contributed by atoms with Crippen molar-refractivity contribution in [1.82, 2.24) is 4.90 Å². The van der Waals surface area contributed by atoms with Crippen molar-refractivity contribution in [2.75, 3.05) is 21.3 Å². The summed E-state index contributed by atoms with van der Waals surface area (Å²) in [6.45, 7) is 1.87. The maximum absolute atomic E-state index is 12.7. The number of benzene rings is 2. The minimum absolute atomic E-state index is 0.0374. The Morgan fingerprint density at radius 3 is 2.26 bits per heavy atom. The molecule has 27 heavy (non-hydrogen) atoms. The Bertz CT molecular complexity index is 910. The van der Waals surface area contributed by atoms with Gasteiger partial charge >= 0.3 is 0 Å². The zero-order valence-corrected chi connectivity index (χ0v) is 16.6. The molecular formula is C19H24N2O5S. The summed E-state index contributed by atoms with van der Waals surface area (Å²) in [6, 6.07) is 11.3. The van der Waals surface area contributed by atoms with E-state index in [-0.39, 0.29) is 23.3 Å². The van der Waals surface area contributed by atoms with Gasteiger partial charge < -0.3 is 14.4 Å². The van der Waals surface area contributed by atoms with Crippen LogP contribution in [0.5, 0.6) is 11.5 Å². The van der Waals surface area contributed by atoms with E-state index >= 15 is 0 Å². The Morgan fingerprint density at radius 2 is 1.74 bits per heavy atom. The van der Waals surface area contributed by atoms with Crippen LogP contribution < -0.4 is 14.6 Å². The number of likely N-dealkylation sites (N-methyl/N-ethyl adjacent to an activating group) is 1. The van der Waals surface area contributed by atoms with E-state index < -0.39 is 10.0 Å². The van der Waals surface area contributed by atoms with Crippen LogP contribution in [0.2, 0.25) is 0 Å². The van der Waals surface area contributed by atoms with Crippen LogP contribution in [0.15, 0.2) is 47.4 Å². The highest BCUT2D eigenvalue weighted by molar-refractivity contribution is 7.89. The minimum Gasteiger partial charge on any atom is -0.497 e. The smallest absolute Gasteiger partial charge is 0.238 e. The topological polar surface area (TPSA) is 98.9 Å². The lowest BCUT2D eigenvalue weighted by molar-refractivity contribution is -0.131. The number of nitrogens with two attached hydrogens (primary N) is 1. The molecule has 1 atom stereocenters. The highest BCUT2D eigenvalue weighted by Crippen LogP contribution is 2.27. The molecule has 7 nitrogen and oxygen atoms in total. The van der Waals surface area contributed by atoms with Gasteiger partial charge in [-0.3, -0.25) is 4.79 Å². The van der Waals surface area contributed by atoms with Crippen molar-refractivity contribution in [2.24, 2.45) is 5.14 Å². The second-order valence-electron chi connectivity index (χ2n) is 6.15. The van der Waals surface area contributed by atoms with Gasteiger partial charge in [0.1, 0.15) is 11.5 Å². The van der Waals surface area contributed by atoms with Crippen LogP contribution in [0.4, 0.5) is 0 Å². The van der Waals surface area contributed by atoms with Crippen LogP contribution in [0.3, 0.4) is 0 Å². The van der Waals surface area contributed by atoms with Gasteiger partial charge in [-0.15, -0.1) is 0 Å². The summed E-state index contributed by atoms with van der Waals surface area (Å²) in [5, 5.41) is 5.11. The fourth-order valence-electron chi connectivity index (χ4n) is 2.66. The molecule has 0 heterocycles. The molecule has 0 aliphatic rings. The molecule has 0 aromatic heterocycles. The fourth-order valence-corrected chi connectivity index (χ4v) is 3.18. The lowest BCUT2D eigenvalue weighted by Gasteiger charge is -2.26. The first-order valence-electron chi connectivity index (χ1n) is 8.26. The van der Waals surface area contributed by atoms with Gasteiger partial charge in [-0.2, -0.15) is 0 Å². The normalized spacial score (nSPS) is 12.3. The molecule has 0 spiro atoms. The quantitative estimate of drug-likeness (QED) is 0.778. The summed E-state index contributed by atoms with van der Waals surface area (Å²) in [6.07, 6.45) is 0.170. The Kier molecular flexibility index (Phi) is 6.45. The number of carbonyl (C=O) groups is 1. The summed E-state index contributed by atoms with van der Waals surface area (Å²) in [5.41, 5.74) is 1.56. The third-order valence-corrected chi connectivity index (χ3v) is 5.43. The number of hydrogen-bond donors (Lipinski definition) is 1. The molecule has 0 radical (unpaired) electrons. The minimum atomic E-state index is -3.74. The fraction of sp³-hybridized carbons (Fsp3) is 0.316. The largest absolute Gasteiger partial charge is 0.497 e. The van der Waals surface area contributed by atoms with Gasteiger partial charge in [-0.25, -0.2) is 13.6 Å². The first kappa shape index (κ1) is 20.7. The summed E-state index contributed by atoms with van der Waals surface area (Å²) in [4.78, 5) is 14.3. The number of carbonyl (C=O) groups excluding carboxylic acids is 1. The van der Waals surface area contributed by atoms with Crippen molar-refractivity contribution in [2.45, 2.75) is 24.3 Å². The van der Waals surface area contributed by atoms with E-state index in [1.807, 2.05) is 6.92 Å². The maximum Gasteiger partial charge on any atom is 0.238 e. The number of nitrogens with zero attached hydrogens (tertiary/aromatic N) is 1. The Labute approximate surface area is 159 Å². The Hall–Kier alpha value is -2.58. The van der Waals surface area contributed by atoms with Gasteiger partial charge in [0.2, 0.25) is 15.9 Å². The average molecular weight is 392 g/mol. The van der Waals surface area contributed by atoms with Crippen LogP contribution >= 0.6 is 0 Å². The number of sulfonamides is 1. The van der Waals surface area contributed by atoms with E-state index in [1.165, 1.54) is 12.1 Å². The maximum atomic E-state index is 12.7. The summed E-state index contributed by atoms with van der Waals surface area (Å²) in [7, 11) is 1.07. The molecule has 0 aliphatic heterocycles. The zero-order valence-electron chi connectivity index (χ0n) is 15.8. The van der Waals surface area contributed by atoms with E-state index in [0.717, 1.165) is 11.1 Å². The molecule has 2 N–H and O–H groups in total. The van der Waals surface area contributed by atoms with Gasteiger partial charge in [-0.1, -0.05) is 18.2 Å². The van der Waals surface area contributed by atoms with Gasteiger partial charge in [0.05, 0.1) is 31.6 Å². The molecule has 8 heteroatoms. The molecule has 0 bridgehead atoms. The highest BCUT2D eigenvalue weighted by atomic mass is 32.2. The van der Waals surface area contributed by atoms with Gasteiger partial charge in [-0.05, 0) is 30.7 Å². The molecule has 0 saturated heterocycles. The summed E-state index contributed by atoms with van der Waals surface area (Å²) in [5.74, 6) is 1.14.